The van der Waals surface area contributed by atoms with Gasteiger partial charge in [0.2, 0.25) is 0 Å². The highest BCUT2D eigenvalue weighted by atomic mass is 16.5. The van der Waals surface area contributed by atoms with Crippen molar-refractivity contribution < 1.29 is 14.3 Å². The topological polar surface area (TPSA) is 46.6 Å². The van der Waals surface area contributed by atoms with Crippen LogP contribution in [0, 0.1) is 0 Å². The Labute approximate surface area is 107 Å². The van der Waals surface area contributed by atoms with E-state index in [1.807, 2.05) is 13.8 Å². The Bertz CT molecular complexity index is 435. The van der Waals surface area contributed by atoms with Gasteiger partial charge in [-0.15, -0.1) is 0 Å². The molecule has 0 radical (unpaired) electrons. The lowest BCUT2D eigenvalue weighted by Gasteiger charge is -2.16. The molecular weight excluding hydrogens is 230 g/mol. The Hall–Kier alpha value is -1.68. The van der Waals surface area contributed by atoms with Gasteiger partial charge in [0, 0.05) is 0 Å². The fourth-order valence-corrected chi connectivity index (χ4v) is 1.91. The lowest BCUT2D eigenvalue weighted by Crippen LogP contribution is -2.33. The van der Waals surface area contributed by atoms with Gasteiger partial charge in [-0.05, 0) is 25.5 Å². The highest BCUT2D eigenvalue weighted by Gasteiger charge is 2.34. The van der Waals surface area contributed by atoms with E-state index in [9.17, 15) is 9.59 Å². The molecule has 1 heterocycles. The molecule has 0 fully saturated rings. The van der Waals surface area contributed by atoms with Gasteiger partial charge in [0.25, 0.3) is 11.8 Å². The SMILES string of the molecule is CCC(C)OCCN1C(=O)c2ccccc2C1=O. The number of rotatable bonds is 5. The van der Waals surface area contributed by atoms with E-state index in [4.69, 9.17) is 4.74 Å². The average Bonchev–Trinajstić information content (AvgIpc) is 2.64. The number of carbonyl (C=O) groups excluding carboxylic acids is 2. The summed E-state index contributed by atoms with van der Waals surface area (Å²) in [5.74, 6) is -0.438. The van der Waals surface area contributed by atoms with Crippen molar-refractivity contribution in [3.8, 4) is 0 Å². The second kappa shape index (κ2) is 5.31. The summed E-state index contributed by atoms with van der Waals surface area (Å²) in [7, 11) is 0. The number of carbonyl (C=O) groups is 2. The maximum absolute atomic E-state index is 12.0. The maximum Gasteiger partial charge on any atom is 0.261 e. The highest BCUT2D eigenvalue weighted by molar-refractivity contribution is 6.21. The summed E-state index contributed by atoms with van der Waals surface area (Å²) in [6.45, 7) is 4.71. The molecule has 1 unspecified atom stereocenters. The lowest BCUT2D eigenvalue weighted by atomic mass is 10.1. The molecule has 1 aromatic rings. The van der Waals surface area contributed by atoms with Crippen LogP contribution in [0.2, 0.25) is 0 Å². The number of hydrogen-bond acceptors (Lipinski definition) is 3. The van der Waals surface area contributed by atoms with Crippen LogP contribution in [0.25, 0.3) is 0 Å². The highest BCUT2D eigenvalue weighted by Crippen LogP contribution is 2.21. The Morgan fingerprint density at radius 2 is 1.72 bits per heavy atom. The largest absolute Gasteiger partial charge is 0.377 e. The van der Waals surface area contributed by atoms with Crippen LogP contribution in [0.4, 0.5) is 0 Å². The summed E-state index contributed by atoms with van der Waals surface area (Å²) >= 11 is 0. The second-order valence-electron chi connectivity index (χ2n) is 4.40. The normalized spacial score (nSPS) is 16.0. The average molecular weight is 247 g/mol. The van der Waals surface area contributed by atoms with Gasteiger partial charge in [0.1, 0.15) is 0 Å². The number of benzene rings is 1. The minimum Gasteiger partial charge on any atom is -0.377 e. The first-order valence-electron chi connectivity index (χ1n) is 6.22. The number of hydrogen-bond donors (Lipinski definition) is 0. The molecule has 1 aliphatic rings. The van der Waals surface area contributed by atoms with E-state index >= 15 is 0 Å². The predicted octanol–water partition coefficient (Wildman–Crippen LogP) is 2.10. The molecule has 1 aromatic carbocycles. The van der Waals surface area contributed by atoms with Crippen LogP contribution < -0.4 is 0 Å². The minimum absolute atomic E-state index is 0.153. The van der Waals surface area contributed by atoms with Gasteiger partial charge in [-0.2, -0.15) is 0 Å². The van der Waals surface area contributed by atoms with Crippen molar-refractivity contribution >= 4 is 11.8 Å². The molecule has 0 saturated carbocycles. The van der Waals surface area contributed by atoms with Crippen molar-refractivity contribution in [2.75, 3.05) is 13.2 Å². The van der Waals surface area contributed by atoms with E-state index in [-0.39, 0.29) is 17.9 Å². The molecule has 0 N–H and O–H groups in total. The van der Waals surface area contributed by atoms with Crippen molar-refractivity contribution in [2.24, 2.45) is 0 Å². The summed E-state index contributed by atoms with van der Waals surface area (Å²) in [6.07, 6.45) is 1.07. The summed E-state index contributed by atoms with van der Waals surface area (Å²) in [5.41, 5.74) is 0.983. The maximum atomic E-state index is 12.0. The molecule has 0 aliphatic carbocycles. The minimum atomic E-state index is -0.219. The van der Waals surface area contributed by atoms with Crippen molar-refractivity contribution in [2.45, 2.75) is 26.4 Å². The molecule has 4 nitrogen and oxygen atoms in total. The fourth-order valence-electron chi connectivity index (χ4n) is 1.91. The number of nitrogens with zero attached hydrogens (tertiary/aromatic N) is 1. The molecule has 0 aromatic heterocycles. The van der Waals surface area contributed by atoms with E-state index in [2.05, 4.69) is 0 Å². The van der Waals surface area contributed by atoms with Gasteiger partial charge in [-0.3, -0.25) is 14.5 Å². The molecular formula is C14H17NO3. The van der Waals surface area contributed by atoms with Crippen molar-refractivity contribution in [3.63, 3.8) is 0 Å². The van der Waals surface area contributed by atoms with Crippen LogP contribution in [0.3, 0.4) is 0 Å². The Morgan fingerprint density at radius 1 is 1.17 bits per heavy atom. The molecule has 0 bridgehead atoms. The van der Waals surface area contributed by atoms with Gasteiger partial charge >= 0.3 is 0 Å². The summed E-state index contributed by atoms with van der Waals surface area (Å²) < 4.78 is 5.50. The molecule has 4 heteroatoms. The van der Waals surface area contributed by atoms with Crippen LogP contribution in [-0.2, 0) is 4.74 Å². The number of imide groups is 1. The molecule has 1 aliphatic heterocycles. The Morgan fingerprint density at radius 3 is 2.22 bits per heavy atom. The Balaban J connectivity index is 2.01. The summed E-state index contributed by atoms with van der Waals surface area (Å²) in [5, 5.41) is 0. The third kappa shape index (κ3) is 2.29. The molecule has 96 valence electrons. The van der Waals surface area contributed by atoms with Gasteiger partial charge in [0.05, 0.1) is 30.4 Å². The summed E-state index contributed by atoms with van der Waals surface area (Å²) in [6, 6.07) is 6.91. The molecule has 0 spiro atoms. The summed E-state index contributed by atoms with van der Waals surface area (Å²) in [4.78, 5) is 25.3. The standard InChI is InChI=1S/C14H17NO3/c1-3-10(2)18-9-8-15-13(16)11-6-4-5-7-12(11)14(15)17/h4-7,10H,3,8-9H2,1-2H3. The van der Waals surface area contributed by atoms with Crippen LogP contribution in [0.15, 0.2) is 24.3 Å². The zero-order valence-corrected chi connectivity index (χ0v) is 10.7. The van der Waals surface area contributed by atoms with E-state index < -0.39 is 0 Å². The molecule has 2 rings (SSSR count). The van der Waals surface area contributed by atoms with E-state index in [0.29, 0.717) is 24.3 Å². The number of ether oxygens (including phenoxy) is 1. The second-order valence-corrected chi connectivity index (χ2v) is 4.40. The van der Waals surface area contributed by atoms with Crippen LogP contribution in [0.1, 0.15) is 41.0 Å². The van der Waals surface area contributed by atoms with Gasteiger partial charge < -0.3 is 4.74 Å². The molecule has 18 heavy (non-hydrogen) atoms. The van der Waals surface area contributed by atoms with E-state index in [0.717, 1.165) is 6.42 Å². The van der Waals surface area contributed by atoms with Crippen molar-refractivity contribution in [1.82, 2.24) is 4.90 Å². The molecule has 0 saturated heterocycles. The van der Waals surface area contributed by atoms with Crippen molar-refractivity contribution in [1.29, 1.82) is 0 Å². The van der Waals surface area contributed by atoms with E-state index in [1.54, 1.807) is 24.3 Å². The van der Waals surface area contributed by atoms with Crippen LogP contribution in [0.5, 0.6) is 0 Å². The third-order valence-electron chi connectivity index (χ3n) is 3.17. The fraction of sp³-hybridized carbons (Fsp3) is 0.429. The first-order chi connectivity index (χ1) is 8.65. The smallest absolute Gasteiger partial charge is 0.261 e. The zero-order chi connectivity index (χ0) is 13.1. The molecule has 1 atom stereocenters. The predicted molar refractivity (Wildman–Crippen MR) is 67.5 cm³/mol. The molecule has 2 amide bonds. The Kier molecular flexibility index (Phi) is 3.77. The first kappa shape index (κ1) is 12.8. The lowest BCUT2D eigenvalue weighted by molar-refractivity contribution is 0.0386. The third-order valence-corrected chi connectivity index (χ3v) is 3.17. The van der Waals surface area contributed by atoms with Gasteiger partial charge in [0.15, 0.2) is 0 Å². The zero-order valence-electron chi connectivity index (χ0n) is 10.7. The number of amides is 2. The monoisotopic (exact) mass is 247 g/mol. The van der Waals surface area contributed by atoms with Gasteiger partial charge in [-0.1, -0.05) is 19.1 Å². The van der Waals surface area contributed by atoms with Gasteiger partial charge in [-0.25, -0.2) is 0 Å². The number of fused-ring (bicyclic) bond motifs is 1. The van der Waals surface area contributed by atoms with Crippen molar-refractivity contribution in [3.05, 3.63) is 35.4 Å². The van der Waals surface area contributed by atoms with Crippen LogP contribution >= 0.6 is 0 Å². The first-order valence-corrected chi connectivity index (χ1v) is 6.22. The quantitative estimate of drug-likeness (QED) is 0.748. The van der Waals surface area contributed by atoms with E-state index in [1.165, 1.54) is 4.90 Å². The van der Waals surface area contributed by atoms with Crippen LogP contribution in [-0.4, -0.2) is 36.0 Å².